The van der Waals surface area contributed by atoms with Crippen LogP contribution in [0.25, 0.3) is 0 Å². The van der Waals surface area contributed by atoms with Gasteiger partial charge < -0.3 is 10.2 Å². The van der Waals surface area contributed by atoms with Crippen LogP contribution >= 0.6 is 0 Å². The first kappa shape index (κ1) is 11.2. The van der Waals surface area contributed by atoms with Gasteiger partial charge in [0.1, 0.15) is 0 Å². The first-order valence-electron chi connectivity index (χ1n) is 6.09. The maximum atomic E-state index is 9.80. The largest absolute Gasteiger partial charge is 0.396 e. The Labute approximate surface area is 92.0 Å². The summed E-state index contributed by atoms with van der Waals surface area (Å²) >= 11 is 0. The van der Waals surface area contributed by atoms with Crippen LogP contribution in [-0.4, -0.2) is 23.4 Å². The number of rotatable bonds is 2. The first-order chi connectivity index (χ1) is 7.21. The molecule has 0 bridgehead atoms. The molecule has 0 radical (unpaired) electrons. The highest BCUT2D eigenvalue weighted by Gasteiger charge is 2.54. The van der Waals surface area contributed by atoms with E-state index in [0.29, 0.717) is 5.92 Å². The van der Waals surface area contributed by atoms with E-state index in [1.165, 1.54) is 12.8 Å². The quantitative estimate of drug-likeness (QED) is 0.685. The molecule has 0 amide bonds. The predicted octanol–water partition coefficient (Wildman–Crippen LogP) is 2.11. The molecule has 86 valence electrons. The Hall–Kier alpha value is -0.340. The summed E-state index contributed by atoms with van der Waals surface area (Å²) in [5.41, 5.74) is -0.108. The smallest absolute Gasteiger partial charge is 0.0499 e. The van der Waals surface area contributed by atoms with Crippen molar-refractivity contribution in [3.8, 4) is 0 Å². The lowest BCUT2D eigenvalue weighted by Crippen LogP contribution is -2.54. The molecule has 2 rings (SSSR count). The van der Waals surface area contributed by atoms with Crippen molar-refractivity contribution in [1.29, 1.82) is 0 Å². The van der Waals surface area contributed by atoms with Crippen LogP contribution in [0.4, 0.5) is 0 Å². The van der Waals surface area contributed by atoms with Crippen LogP contribution in [0.2, 0.25) is 0 Å². The number of hydrogen-bond donors (Lipinski definition) is 2. The average molecular weight is 210 g/mol. The topological polar surface area (TPSA) is 40.5 Å². The van der Waals surface area contributed by atoms with Crippen molar-refractivity contribution in [2.45, 2.75) is 39.0 Å². The molecule has 0 saturated heterocycles. The highest BCUT2D eigenvalue weighted by atomic mass is 16.3. The van der Waals surface area contributed by atoms with E-state index in [0.717, 1.165) is 19.3 Å². The molecule has 2 heteroatoms. The number of allylic oxidation sites excluding steroid dienone is 2. The van der Waals surface area contributed by atoms with Gasteiger partial charge in [-0.2, -0.15) is 0 Å². The van der Waals surface area contributed by atoms with Gasteiger partial charge >= 0.3 is 0 Å². The molecule has 0 aromatic carbocycles. The Balaban J connectivity index is 2.41. The van der Waals surface area contributed by atoms with Crippen molar-refractivity contribution < 1.29 is 10.2 Å². The molecule has 2 nitrogen and oxygen atoms in total. The Morgan fingerprint density at radius 1 is 1.20 bits per heavy atom. The predicted molar refractivity (Wildman–Crippen MR) is 60.4 cm³/mol. The molecule has 2 N–H and O–H groups in total. The fourth-order valence-corrected chi connectivity index (χ4v) is 3.81. The minimum atomic E-state index is -0.0608. The minimum Gasteiger partial charge on any atom is -0.396 e. The van der Waals surface area contributed by atoms with Crippen LogP contribution in [0.15, 0.2) is 12.2 Å². The number of hydrogen-bond acceptors (Lipinski definition) is 2. The SMILES string of the molecule is CC1C=CC[C@]2(CO)CCCC[C@]12CO. The lowest BCUT2D eigenvalue weighted by molar-refractivity contribution is -0.114. The van der Waals surface area contributed by atoms with Crippen molar-refractivity contribution in [3.05, 3.63) is 12.2 Å². The van der Waals surface area contributed by atoms with Crippen LogP contribution < -0.4 is 0 Å². The first-order valence-corrected chi connectivity index (χ1v) is 6.09. The second-order valence-electron chi connectivity index (χ2n) is 5.38. The van der Waals surface area contributed by atoms with Gasteiger partial charge in [-0.05, 0) is 25.2 Å². The third-order valence-corrected chi connectivity index (χ3v) is 4.97. The minimum absolute atomic E-state index is 0.0475. The summed E-state index contributed by atoms with van der Waals surface area (Å²) in [6.07, 6.45) is 9.88. The monoisotopic (exact) mass is 210 g/mol. The summed E-state index contributed by atoms with van der Waals surface area (Å²) < 4.78 is 0. The fourth-order valence-electron chi connectivity index (χ4n) is 3.81. The van der Waals surface area contributed by atoms with E-state index >= 15 is 0 Å². The number of aliphatic hydroxyl groups excluding tert-OH is 2. The Bertz CT molecular complexity index is 261. The van der Waals surface area contributed by atoms with Gasteiger partial charge in [0.05, 0.1) is 0 Å². The third kappa shape index (κ3) is 1.38. The zero-order valence-corrected chi connectivity index (χ0v) is 9.58. The zero-order chi connectivity index (χ0) is 10.9. The Morgan fingerprint density at radius 2 is 1.93 bits per heavy atom. The molecule has 0 aliphatic heterocycles. The van der Waals surface area contributed by atoms with Crippen molar-refractivity contribution >= 4 is 0 Å². The number of fused-ring (bicyclic) bond motifs is 1. The Morgan fingerprint density at radius 3 is 2.53 bits per heavy atom. The molecule has 0 heterocycles. The van der Waals surface area contributed by atoms with Crippen molar-refractivity contribution in [2.75, 3.05) is 13.2 Å². The molecule has 1 fully saturated rings. The second-order valence-corrected chi connectivity index (χ2v) is 5.38. The summed E-state index contributed by atoms with van der Waals surface area (Å²) in [5.74, 6) is 0.392. The standard InChI is InChI=1S/C13H22O2/c1-11-5-4-7-12(9-14)6-2-3-8-13(11,12)10-15/h4-5,11,14-15H,2-3,6-10H2,1H3/t11?,12-,13-/m0/s1. The van der Waals surface area contributed by atoms with Crippen molar-refractivity contribution in [3.63, 3.8) is 0 Å². The van der Waals surface area contributed by atoms with Crippen LogP contribution in [0.5, 0.6) is 0 Å². The van der Waals surface area contributed by atoms with Crippen LogP contribution in [0.3, 0.4) is 0 Å². The highest BCUT2D eigenvalue weighted by Crippen LogP contribution is 2.58. The second kappa shape index (κ2) is 3.91. The number of aliphatic hydroxyl groups is 2. The average Bonchev–Trinajstić information content (AvgIpc) is 2.29. The highest BCUT2D eigenvalue weighted by molar-refractivity contribution is 5.14. The van der Waals surface area contributed by atoms with Gasteiger partial charge in [-0.15, -0.1) is 0 Å². The third-order valence-electron chi connectivity index (χ3n) is 4.97. The van der Waals surface area contributed by atoms with E-state index in [4.69, 9.17) is 0 Å². The molecule has 1 saturated carbocycles. The van der Waals surface area contributed by atoms with Gasteiger partial charge in [0, 0.05) is 24.0 Å². The molecular formula is C13H22O2. The molecule has 15 heavy (non-hydrogen) atoms. The molecule has 0 aromatic rings. The molecule has 1 unspecified atom stereocenters. The molecule has 2 aliphatic carbocycles. The van der Waals surface area contributed by atoms with E-state index in [2.05, 4.69) is 19.1 Å². The summed E-state index contributed by atoms with van der Waals surface area (Å²) in [6, 6.07) is 0. The van der Waals surface area contributed by atoms with Gasteiger partial charge in [0.25, 0.3) is 0 Å². The van der Waals surface area contributed by atoms with E-state index < -0.39 is 0 Å². The molecule has 3 atom stereocenters. The van der Waals surface area contributed by atoms with Gasteiger partial charge in [-0.3, -0.25) is 0 Å². The molecular weight excluding hydrogens is 188 g/mol. The van der Waals surface area contributed by atoms with Crippen LogP contribution in [-0.2, 0) is 0 Å². The molecule has 0 aromatic heterocycles. The van der Waals surface area contributed by atoms with Gasteiger partial charge in [0.2, 0.25) is 0 Å². The van der Waals surface area contributed by atoms with Gasteiger partial charge in [-0.25, -0.2) is 0 Å². The fraction of sp³-hybridized carbons (Fsp3) is 0.846. The van der Waals surface area contributed by atoms with Crippen molar-refractivity contribution in [1.82, 2.24) is 0 Å². The van der Waals surface area contributed by atoms with Crippen LogP contribution in [0, 0.1) is 16.7 Å². The van der Waals surface area contributed by atoms with E-state index in [1.54, 1.807) is 0 Å². The zero-order valence-electron chi connectivity index (χ0n) is 9.58. The normalized spacial score (nSPS) is 45.1. The van der Waals surface area contributed by atoms with Crippen LogP contribution in [0.1, 0.15) is 39.0 Å². The summed E-state index contributed by atoms with van der Waals surface area (Å²) in [4.78, 5) is 0. The van der Waals surface area contributed by atoms with Crippen molar-refractivity contribution in [2.24, 2.45) is 16.7 Å². The van der Waals surface area contributed by atoms with E-state index in [9.17, 15) is 10.2 Å². The summed E-state index contributed by atoms with van der Waals surface area (Å²) in [5, 5.41) is 19.5. The lowest BCUT2D eigenvalue weighted by Gasteiger charge is -2.56. The summed E-state index contributed by atoms with van der Waals surface area (Å²) in [7, 11) is 0. The molecule has 0 spiro atoms. The molecule has 2 aliphatic rings. The van der Waals surface area contributed by atoms with Gasteiger partial charge in [0.15, 0.2) is 0 Å². The van der Waals surface area contributed by atoms with E-state index in [1.807, 2.05) is 0 Å². The van der Waals surface area contributed by atoms with E-state index in [-0.39, 0.29) is 24.0 Å². The maximum absolute atomic E-state index is 9.80. The lowest BCUT2D eigenvalue weighted by atomic mass is 9.49. The van der Waals surface area contributed by atoms with Gasteiger partial charge in [-0.1, -0.05) is 31.9 Å². The Kier molecular flexibility index (Phi) is 2.91. The summed E-state index contributed by atoms with van der Waals surface area (Å²) in [6.45, 7) is 2.63. The maximum Gasteiger partial charge on any atom is 0.0499 e.